The minimum Gasteiger partial charge on any atom is -0.395 e. The van der Waals surface area contributed by atoms with Crippen LogP contribution < -0.4 is 14.8 Å². The fourth-order valence-corrected chi connectivity index (χ4v) is 2.94. The molecule has 0 radical (unpaired) electrons. The van der Waals surface area contributed by atoms with Crippen molar-refractivity contribution in [2.75, 3.05) is 5.32 Å². The molecule has 2 aromatic carbocycles. The van der Waals surface area contributed by atoms with Crippen LogP contribution in [0.25, 0.3) is 0 Å². The zero-order valence-electron chi connectivity index (χ0n) is 11.1. The standard InChI is InChI=1S/C16H13F2NO2/c17-16(18)20-14-6-5-12(9-15(14)21-16)19-13-7-10-3-1-2-4-11(10)8-13/h1-6,9,13,19H,7-8H2. The van der Waals surface area contributed by atoms with E-state index >= 15 is 0 Å². The lowest BCUT2D eigenvalue weighted by molar-refractivity contribution is -0.286. The van der Waals surface area contributed by atoms with E-state index in [0.717, 1.165) is 18.5 Å². The van der Waals surface area contributed by atoms with Crippen LogP contribution >= 0.6 is 0 Å². The largest absolute Gasteiger partial charge is 0.586 e. The van der Waals surface area contributed by atoms with Gasteiger partial charge in [-0.05, 0) is 36.1 Å². The number of hydrogen-bond acceptors (Lipinski definition) is 3. The molecular formula is C16H13F2NO2. The zero-order chi connectivity index (χ0) is 14.4. The molecule has 0 aromatic heterocycles. The smallest absolute Gasteiger partial charge is 0.395 e. The minimum atomic E-state index is -3.56. The van der Waals surface area contributed by atoms with E-state index in [1.54, 1.807) is 12.1 Å². The SMILES string of the molecule is FC1(F)Oc2ccc(NC3Cc4ccccc4C3)cc2O1. The second-order valence-corrected chi connectivity index (χ2v) is 5.35. The van der Waals surface area contributed by atoms with Crippen LogP contribution in [0.15, 0.2) is 42.5 Å². The lowest BCUT2D eigenvalue weighted by atomic mass is 10.1. The van der Waals surface area contributed by atoms with E-state index in [-0.39, 0.29) is 17.5 Å². The van der Waals surface area contributed by atoms with E-state index in [9.17, 15) is 8.78 Å². The summed E-state index contributed by atoms with van der Waals surface area (Å²) >= 11 is 0. The highest BCUT2D eigenvalue weighted by molar-refractivity contribution is 5.57. The maximum absolute atomic E-state index is 13.0. The van der Waals surface area contributed by atoms with Gasteiger partial charge in [0.15, 0.2) is 11.5 Å². The average molecular weight is 289 g/mol. The Morgan fingerprint density at radius 2 is 1.62 bits per heavy atom. The van der Waals surface area contributed by atoms with Gasteiger partial charge in [-0.3, -0.25) is 0 Å². The van der Waals surface area contributed by atoms with E-state index in [1.807, 2.05) is 12.1 Å². The number of ether oxygens (including phenoxy) is 2. The predicted octanol–water partition coefficient (Wildman–Crippen LogP) is 3.59. The fourth-order valence-electron chi connectivity index (χ4n) is 2.94. The molecule has 0 spiro atoms. The van der Waals surface area contributed by atoms with Crippen LogP contribution in [0.5, 0.6) is 11.5 Å². The van der Waals surface area contributed by atoms with E-state index in [1.165, 1.54) is 17.2 Å². The molecule has 0 unspecified atom stereocenters. The van der Waals surface area contributed by atoms with Crippen molar-refractivity contribution >= 4 is 5.69 Å². The van der Waals surface area contributed by atoms with Crippen LogP contribution in [0.4, 0.5) is 14.5 Å². The van der Waals surface area contributed by atoms with Gasteiger partial charge in [-0.25, -0.2) is 0 Å². The molecule has 2 aliphatic rings. The molecule has 2 aromatic rings. The van der Waals surface area contributed by atoms with Gasteiger partial charge in [0.05, 0.1) is 0 Å². The van der Waals surface area contributed by atoms with Crippen molar-refractivity contribution in [1.82, 2.24) is 0 Å². The molecule has 0 saturated heterocycles. The van der Waals surface area contributed by atoms with Crippen molar-refractivity contribution in [2.24, 2.45) is 0 Å². The summed E-state index contributed by atoms with van der Waals surface area (Å²) in [6, 6.07) is 13.4. The first-order valence-electron chi connectivity index (χ1n) is 6.82. The fraction of sp³-hybridized carbons (Fsp3) is 0.250. The van der Waals surface area contributed by atoms with Crippen molar-refractivity contribution in [3.8, 4) is 11.5 Å². The lowest BCUT2D eigenvalue weighted by Crippen LogP contribution is -2.25. The highest BCUT2D eigenvalue weighted by Crippen LogP contribution is 2.42. The quantitative estimate of drug-likeness (QED) is 0.916. The monoisotopic (exact) mass is 289 g/mol. The Bertz CT molecular complexity index is 677. The molecule has 4 rings (SSSR count). The molecule has 1 N–H and O–H groups in total. The van der Waals surface area contributed by atoms with Crippen LogP contribution in [-0.4, -0.2) is 12.3 Å². The summed E-state index contributed by atoms with van der Waals surface area (Å²) in [5.41, 5.74) is 3.43. The summed E-state index contributed by atoms with van der Waals surface area (Å²) in [5, 5.41) is 3.36. The number of rotatable bonds is 2. The van der Waals surface area contributed by atoms with Crippen molar-refractivity contribution < 1.29 is 18.3 Å². The predicted molar refractivity (Wildman–Crippen MR) is 73.9 cm³/mol. The summed E-state index contributed by atoms with van der Waals surface area (Å²) in [4.78, 5) is 0. The van der Waals surface area contributed by atoms with Gasteiger partial charge < -0.3 is 14.8 Å². The number of anilines is 1. The Morgan fingerprint density at radius 1 is 0.952 bits per heavy atom. The Balaban J connectivity index is 1.50. The second-order valence-electron chi connectivity index (χ2n) is 5.35. The number of alkyl halides is 2. The highest BCUT2D eigenvalue weighted by Gasteiger charge is 2.43. The van der Waals surface area contributed by atoms with Crippen LogP contribution in [0.2, 0.25) is 0 Å². The number of halogens is 2. The first-order chi connectivity index (χ1) is 10.1. The molecule has 1 aliphatic carbocycles. The van der Waals surface area contributed by atoms with Crippen LogP contribution in [0.3, 0.4) is 0 Å². The van der Waals surface area contributed by atoms with Gasteiger partial charge in [-0.1, -0.05) is 24.3 Å². The van der Waals surface area contributed by atoms with Gasteiger partial charge in [0.2, 0.25) is 0 Å². The van der Waals surface area contributed by atoms with Gasteiger partial charge in [-0.15, -0.1) is 8.78 Å². The average Bonchev–Trinajstić information content (AvgIpc) is 2.96. The third-order valence-electron chi connectivity index (χ3n) is 3.82. The summed E-state index contributed by atoms with van der Waals surface area (Å²) < 4.78 is 34.8. The second kappa shape index (κ2) is 4.35. The maximum Gasteiger partial charge on any atom is 0.586 e. The molecule has 0 saturated carbocycles. The summed E-state index contributed by atoms with van der Waals surface area (Å²) in [7, 11) is 0. The minimum absolute atomic E-state index is 0.0697. The Morgan fingerprint density at radius 3 is 2.33 bits per heavy atom. The molecule has 0 bridgehead atoms. The Kier molecular flexibility index (Phi) is 2.58. The highest BCUT2D eigenvalue weighted by atomic mass is 19.3. The Hall–Kier alpha value is -2.30. The number of benzene rings is 2. The van der Waals surface area contributed by atoms with E-state index in [4.69, 9.17) is 0 Å². The molecular weight excluding hydrogens is 276 g/mol. The Labute approximate surface area is 120 Å². The van der Waals surface area contributed by atoms with Gasteiger partial charge in [0.25, 0.3) is 0 Å². The van der Waals surface area contributed by atoms with Gasteiger partial charge in [0, 0.05) is 17.8 Å². The summed E-state index contributed by atoms with van der Waals surface area (Å²) in [5.74, 6) is 0.140. The number of fused-ring (bicyclic) bond motifs is 2. The first kappa shape index (κ1) is 12.4. The number of nitrogens with one attached hydrogen (secondary N) is 1. The molecule has 3 nitrogen and oxygen atoms in total. The van der Waals surface area contributed by atoms with Crippen LogP contribution in [0.1, 0.15) is 11.1 Å². The third kappa shape index (κ3) is 2.28. The molecule has 0 atom stereocenters. The third-order valence-corrected chi connectivity index (χ3v) is 3.82. The van der Waals surface area contributed by atoms with Crippen molar-refractivity contribution in [3.63, 3.8) is 0 Å². The topological polar surface area (TPSA) is 30.5 Å². The van der Waals surface area contributed by atoms with Gasteiger partial charge in [-0.2, -0.15) is 0 Å². The van der Waals surface area contributed by atoms with Crippen molar-refractivity contribution in [3.05, 3.63) is 53.6 Å². The normalized spacial score (nSPS) is 18.6. The number of hydrogen-bond donors (Lipinski definition) is 1. The van der Waals surface area contributed by atoms with Crippen molar-refractivity contribution in [2.45, 2.75) is 25.2 Å². The molecule has 21 heavy (non-hydrogen) atoms. The van der Waals surface area contributed by atoms with E-state index < -0.39 is 6.29 Å². The molecule has 1 aliphatic heterocycles. The molecule has 0 amide bonds. The van der Waals surface area contributed by atoms with Crippen LogP contribution in [-0.2, 0) is 12.8 Å². The lowest BCUT2D eigenvalue weighted by Gasteiger charge is -2.13. The summed E-state index contributed by atoms with van der Waals surface area (Å²) in [6.07, 6.45) is -1.70. The first-order valence-corrected chi connectivity index (χ1v) is 6.82. The molecule has 5 heteroatoms. The molecule has 1 heterocycles. The van der Waals surface area contributed by atoms with E-state index in [2.05, 4.69) is 26.9 Å². The summed E-state index contributed by atoms with van der Waals surface area (Å²) in [6.45, 7) is 0. The van der Waals surface area contributed by atoms with E-state index in [0.29, 0.717) is 0 Å². The maximum atomic E-state index is 13.0. The molecule has 0 fully saturated rings. The molecule has 108 valence electrons. The van der Waals surface area contributed by atoms with Crippen LogP contribution in [0, 0.1) is 0 Å². The van der Waals surface area contributed by atoms with Gasteiger partial charge in [0.1, 0.15) is 0 Å². The van der Waals surface area contributed by atoms with Gasteiger partial charge >= 0.3 is 6.29 Å². The zero-order valence-corrected chi connectivity index (χ0v) is 11.1. The van der Waals surface area contributed by atoms with Crippen molar-refractivity contribution in [1.29, 1.82) is 0 Å².